The lowest BCUT2D eigenvalue weighted by Crippen LogP contribution is -2.24. The van der Waals surface area contributed by atoms with Gasteiger partial charge in [-0.1, -0.05) is 72.9 Å². The third-order valence-electron chi connectivity index (χ3n) is 3.95. The maximum atomic E-state index is 5.41. The van der Waals surface area contributed by atoms with Gasteiger partial charge in [0.15, 0.2) is 11.5 Å². The molecule has 0 fully saturated rings. The zero-order valence-electron chi connectivity index (χ0n) is 16.6. The van der Waals surface area contributed by atoms with Crippen molar-refractivity contribution in [2.45, 2.75) is 53.9 Å². The van der Waals surface area contributed by atoms with Gasteiger partial charge in [0.2, 0.25) is 0 Å². The molecule has 0 aliphatic heterocycles. The number of allylic oxidation sites excluding steroid dienone is 3. The second-order valence-corrected chi connectivity index (χ2v) is 8.55. The molecule has 0 saturated heterocycles. The molecule has 1 aromatic carbocycles. The van der Waals surface area contributed by atoms with Crippen LogP contribution in [0.1, 0.15) is 59.4 Å². The van der Waals surface area contributed by atoms with E-state index in [2.05, 4.69) is 72.5 Å². The molecule has 25 heavy (non-hydrogen) atoms. The summed E-state index contributed by atoms with van der Waals surface area (Å²) in [5, 5.41) is 0. The van der Waals surface area contributed by atoms with E-state index < -0.39 is 0 Å². The number of benzene rings is 1. The molecule has 0 radical (unpaired) electrons. The Morgan fingerprint density at radius 1 is 1.08 bits per heavy atom. The SMILES string of the molecule is C=C/C=C(\C=C)ONOc1ccc(C(CC(C)(C)C)C(C)(C)C)cc1. The van der Waals surface area contributed by atoms with Crippen LogP contribution >= 0.6 is 0 Å². The average Bonchev–Trinajstić information content (AvgIpc) is 2.51. The van der Waals surface area contributed by atoms with Crippen molar-refractivity contribution in [2.24, 2.45) is 10.8 Å². The first-order chi connectivity index (χ1) is 11.6. The summed E-state index contributed by atoms with van der Waals surface area (Å²) in [7, 11) is 0. The molecule has 1 rings (SSSR count). The molecule has 3 heteroatoms. The van der Waals surface area contributed by atoms with Crippen LogP contribution in [0.15, 0.2) is 61.4 Å². The third kappa shape index (κ3) is 7.61. The van der Waals surface area contributed by atoms with Crippen LogP contribution in [0.4, 0.5) is 0 Å². The van der Waals surface area contributed by atoms with Gasteiger partial charge in [0.1, 0.15) is 0 Å². The number of hydrogen-bond acceptors (Lipinski definition) is 3. The lowest BCUT2D eigenvalue weighted by molar-refractivity contribution is -0.0656. The van der Waals surface area contributed by atoms with E-state index >= 15 is 0 Å². The second-order valence-electron chi connectivity index (χ2n) is 8.55. The quantitative estimate of drug-likeness (QED) is 0.340. The minimum atomic E-state index is 0.200. The maximum Gasteiger partial charge on any atom is 0.151 e. The van der Waals surface area contributed by atoms with Crippen LogP contribution in [0.5, 0.6) is 5.75 Å². The van der Waals surface area contributed by atoms with Gasteiger partial charge in [-0.15, -0.1) is 0 Å². The molecule has 1 aromatic rings. The minimum Gasteiger partial charge on any atom is -0.374 e. The van der Waals surface area contributed by atoms with E-state index in [1.54, 1.807) is 18.2 Å². The van der Waals surface area contributed by atoms with Gasteiger partial charge in [-0.3, -0.25) is 0 Å². The summed E-state index contributed by atoms with van der Waals surface area (Å²) in [4.78, 5) is 10.6. The van der Waals surface area contributed by atoms with Crippen molar-refractivity contribution in [1.82, 2.24) is 5.64 Å². The molecule has 138 valence electrons. The Bertz CT molecular complexity index is 586. The molecule has 1 unspecified atom stereocenters. The maximum absolute atomic E-state index is 5.41. The van der Waals surface area contributed by atoms with Crippen LogP contribution in [0, 0.1) is 10.8 Å². The summed E-state index contributed by atoms with van der Waals surface area (Å²) in [6, 6.07) is 8.18. The van der Waals surface area contributed by atoms with Crippen LogP contribution in [-0.4, -0.2) is 0 Å². The van der Waals surface area contributed by atoms with E-state index in [0.29, 0.717) is 17.4 Å². The largest absolute Gasteiger partial charge is 0.374 e. The lowest BCUT2D eigenvalue weighted by Gasteiger charge is -2.36. The molecule has 0 saturated carbocycles. The zero-order chi connectivity index (χ0) is 19.1. The Balaban J connectivity index is 2.77. The van der Waals surface area contributed by atoms with Crippen LogP contribution in [0.25, 0.3) is 0 Å². The standard InChI is InChI=1S/C22H33NO2/c1-9-11-18(10-2)24-23-25-19-14-12-17(13-15-19)20(22(6,7)8)16-21(3,4)5/h9-15,20,23H,1-2,16H2,3-8H3/b18-11+. The molecule has 0 bridgehead atoms. The second kappa shape index (κ2) is 8.91. The van der Waals surface area contributed by atoms with E-state index in [4.69, 9.17) is 9.68 Å². The average molecular weight is 344 g/mol. The van der Waals surface area contributed by atoms with Crippen molar-refractivity contribution >= 4 is 0 Å². The van der Waals surface area contributed by atoms with Gasteiger partial charge in [-0.25, -0.2) is 0 Å². The van der Waals surface area contributed by atoms with Crippen molar-refractivity contribution in [3.8, 4) is 5.75 Å². The number of nitrogens with one attached hydrogen (secondary N) is 1. The van der Waals surface area contributed by atoms with Gasteiger partial charge in [0.05, 0.1) is 0 Å². The fourth-order valence-electron chi connectivity index (χ4n) is 2.68. The Labute approximate surface area is 153 Å². The number of rotatable bonds is 8. The highest BCUT2D eigenvalue weighted by molar-refractivity contribution is 5.30. The summed E-state index contributed by atoms with van der Waals surface area (Å²) in [6.07, 6.45) is 6.01. The Hall–Kier alpha value is -2.00. The predicted molar refractivity (Wildman–Crippen MR) is 106 cm³/mol. The number of hydrogen-bond donors (Lipinski definition) is 1. The zero-order valence-corrected chi connectivity index (χ0v) is 16.6. The molecule has 0 aliphatic carbocycles. The fraction of sp³-hybridized carbons (Fsp3) is 0.455. The molecule has 1 atom stereocenters. The van der Waals surface area contributed by atoms with Gasteiger partial charge in [-0.05, 0) is 53.0 Å². The van der Waals surface area contributed by atoms with E-state index in [-0.39, 0.29) is 10.8 Å². The van der Waals surface area contributed by atoms with Crippen LogP contribution in [-0.2, 0) is 4.84 Å². The van der Waals surface area contributed by atoms with Crippen molar-refractivity contribution in [3.05, 3.63) is 67.0 Å². The molecular weight excluding hydrogens is 310 g/mol. The summed E-state index contributed by atoms with van der Waals surface area (Å²) in [5.74, 6) is 1.70. The molecule has 0 heterocycles. The van der Waals surface area contributed by atoms with Gasteiger partial charge in [0, 0.05) is 5.64 Å². The summed E-state index contributed by atoms with van der Waals surface area (Å²) in [6.45, 7) is 21.0. The summed E-state index contributed by atoms with van der Waals surface area (Å²) < 4.78 is 0. The molecule has 0 spiro atoms. The molecule has 0 aliphatic rings. The monoisotopic (exact) mass is 343 g/mol. The minimum absolute atomic E-state index is 0.200. The van der Waals surface area contributed by atoms with E-state index in [1.807, 2.05) is 12.1 Å². The van der Waals surface area contributed by atoms with E-state index in [0.717, 1.165) is 6.42 Å². The van der Waals surface area contributed by atoms with Crippen molar-refractivity contribution in [1.29, 1.82) is 0 Å². The highest BCUT2D eigenvalue weighted by Crippen LogP contribution is 2.43. The molecule has 1 N–H and O–H groups in total. The lowest BCUT2D eigenvalue weighted by atomic mass is 9.69. The third-order valence-corrected chi connectivity index (χ3v) is 3.95. The summed E-state index contributed by atoms with van der Waals surface area (Å²) >= 11 is 0. The van der Waals surface area contributed by atoms with Crippen LogP contribution in [0.3, 0.4) is 0 Å². The first-order valence-corrected chi connectivity index (χ1v) is 8.70. The van der Waals surface area contributed by atoms with Gasteiger partial charge in [0.25, 0.3) is 0 Å². The highest BCUT2D eigenvalue weighted by Gasteiger charge is 2.30. The van der Waals surface area contributed by atoms with Crippen molar-refractivity contribution in [2.75, 3.05) is 0 Å². The van der Waals surface area contributed by atoms with Crippen molar-refractivity contribution < 1.29 is 9.68 Å². The van der Waals surface area contributed by atoms with E-state index in [1.165, 1.54) is 5.56 Å². The predicted octanol–water partition coefficient (Wildman–Crippen LogP) is 6.32. The first kappa shape index (κ1) is 21.0. The van der Waals surface area contributed by atoms with Crippen LogP contribution in [0.2, 0.25) is 0 Å². The molecule has 0 amide bonds. The fourth-order valence-corrected chi connectivity index (χ4v) is 2.68. The van der Waals surface area contributed by atoms with Gasteiger partial charge in [-0.2, -0.15) is 0 Å². The Kier molecular flexibility index (Phi) is 7.50. The van der Waals surface area contributed by atoms with Gasteiger partial charge < -0.3 is 9.68 Å². The first-order valence-electron chi connectivity index (χ1n) is 8.70. The van der Waals surface area contributed by atoms with Crippen LogP contribution < -0.4 is 10.5 Å². The topological polar surface area (TPSA) is 30.5 Å². The normalized spacial score (nSPS) is 13.9. The van der Waals surface area contributed by atoms with Crippen molar-refractivity contribution in [3.63, 3.8) is 0 Å². The molecule has 0 aromatic heterocycles. The molecule has 3 nitrogen and oxygen atoms in total. The van der Waals surface area contributed by atoms with Gasteiger partial charge >= 0.3 is 0 Å². The van der Waals surface area contributed by atoms with E-state index in [9.17, 15) is 0 Å². The summed E-state index contributed by atoms with van der Waals surface area (Å²) in [5.41, 5.74) is 4.27. The highest BCUT2D eigenvalue weighted by atomic mass is 16.9. The molecular formula is C22H33NO2. The Morgan fingerprint density at radius 2 is 1.68 bits per heavy atom. The Morgan fingerprint density at radius 3 is 2.12 bits per heavy atom. The smallest absolute Gasteiger partial charge is 0.151 e.